The zero-order valence-corrected chi connectivity index (χ0v) is 20.6. The van der Waals surface area contributed by atoms with Crippen molar-refractivity contribution in [3.63, 3.8) is 0 Å². The van der Waals surface area contributed by atoms with Crippen molar-refractivity contribution in [2.45, 2.75) is 18.4 Å². The van der Waals surface area contributed by atoms with Crippen molar-refractivity contribution in [1.82, 2.24) is 9.72 Å². The van der Waals surface area contributed by atoms with E-state index in [-0.39, 0.29) is 33.3 Å². The van der Waals surface area contributed by atoms with Gasteiger partial charge in [-0.25, -0.2) is 8.42 Å². The fraction of sp³-hybridized carbons (Fsp3) is 0.182. The molecule has 0 aliphatic rings. The van der Waals surface area contributed by atoms with E-state index in [0.717, 1.165) is 17.6 Å². The molecule has 12 heteroatoms. The van der Waals surface area contributed by atoms with Crippen molar-refractivity contribution in [3.8, 4) is 11.3 Å². The van der Waals surface area contributed by atoms with Gasteiger partial charge in [-0.1, -0.05) is 46.3 Å². The zero-order chi connectivity index (χ0) is 24.6. The van der Waals surface area contributed by atoms with Crippen LogP contribution in [0.25, 0.3) is 21.5 Å². The van der Waals surface area contributed by atoms with E-state index in [4.69, 9.17) is 20.9 Å². The smallest absolute Gasteiger partial charge is 0.325 e. The summed E-state index contributed by atoms with van der Waals surface area (Å²) in [5, 5.41) is 4.38. The second-order valence-electron chi connectivity index (χ2n) is 7.31. The molecule has 0 saturated carbocycles. The molecule has 2 aromatic heterocycles. The van der Waals surface area contributed by atoms with Crippen LogP contribution in [0.3, 0.4) is 0 Å². The summed E-state index contributed by atoms with van der Waals surface area (Å²) in [5.41, 5.74) is 1.42. The zero-order valence-electron chi connectivity index (χ0n) is 18.2. The maximum Gasteiger partial charge on any atom is 0.325 e. The topological polar surface area (TPSA) is 121 Å². The first-order chi connectivity index (χ1) is 16.1. The average molecular weight is 520 g/mol. The van der Waals surface area contributed by atoms with E-state index >= 15 is 0 Å². The Morgan fingerprint density at radius 2 is 1.97 bits per heavy atom. The number of ether oxygens (including phenoxy) is 1. The SMILES string of the molecule is COC(=O)Cn1c(=NC(=O)c2c(-c3ccccc3Cl)noc2C)sc2cc(S(C)(=O)=O)ccc21. The fourth-order valence-electron chi connectivity index (χ4n) is 3.32. The Morgan fingerprint density at radius 3 is 2.65 bits per heavy atom. The van der Waals surface area contributed by atoms with E-state index in [1.54, 1.807) is 37.3 Å². The first-order valence-corrected chi connectivity index (χ1v) is 12.9. The molecule has 4 rings (SSSR count). The maximum absolute atomic E-state index is 13.3. The molecular formula is C22H18ClN3O6S2. The summed E-state index contributed by atoms with van der Waals surface area (Å²) < 4.78 is 36.0. The van der Waals surface area contributed by atoms with Gasteiger partial charge in [-0.05, 0) is 31.2 Å². The highest BCUT2D eigenvalue weighted by Crippen LogP contribution is 2.31. The Labute approximate surface area is 203 Å². The first kappa shape index (κ1) is 23.9. The van der Waals surface area contributed by atoms with Crippen molar-refractivity contribution in [3.05, 3.63) is 63.6 Å². The molecule has 0 saturated heterocycles. The Morgan fingerprint density at radius 1 is 1.24 bits per heavy atom. The lowest BCUT2D eigenvalue weighted by Gasteiger charge is -2.05. The van der Waals surface area contributed by atoms with Gasteiger partial charge >= 0.3 is 5.97 Å². The molecule has 0 atom stereocenters. The number of hydrogen-bond donors (Lipinski definition) is 0. The summed E-state index contributed by atoms with van der Waals surface area (Å²) in [6, 6.07) is 11.4. The minimum absolute atomic E-state index is 0.111. The fourth-order valence-corrected chi connectivity index (χ4v) is 5.33. The number of benzene rings is 2. The van der Waals surface area contributed by atoms with Crippen LogP contribution in [0.5, 0.6) is 0 Å². The van der Waals surface area contributed by atoms with Crippen LogP contribution >= 0.6 is 22.9 Å². The van der Waals surface area contributed by atoms with Gasteiger partial charge in [-0.2, -0.15) is 4.99 Å². The van der Waals surface area contributed by atoms with E-state index in [9.17, 15) is 18.0 Å². The second-order valence-corrected chi connectivity index (χ2v) is 10.7. The van der Waals surface area contributed by atoms with Crippen molar-refractivity contribution < 1.29 is 27.3 Å². The number of fused-ring (bicyclic) bond motifs is 1. The van der Waals surface area contributed by atoms with Crippen LogP contribution in [0.15, 0.2) is 56.9 Å². The molecule has 34 heavy (non-hydrogen) atoms. The van der Waals surface area contributed by atoms with E-state index < -0.39 is 21.7 Å². The van der Waals surface area contributed by atoms with Gasteiger partial charge in [-0.15, -0.1) is 0 Å². The van der Waals surface area contributed by atoms with Crippen molar-refractivity contribution in [2.75, 3.05) is 13.4 Å². The van der Waals surface area contributed by atoms with Gasteiger partial charge in [0.1, 0.15) is 23.6 Å². The molecule has 0 bridgehead atoms. The Balaban J connectivity index is 1.91. The molecular weight excluding hydrogens is 502 g/mol. The van der Waals surface area contributed by atoms with Gasteiger partial charge in [0.25, 0.3) is 5.91 Å². The Bertz CT molecular complexity index is 1620. The minimum atomic E-state index is -3.46. The van der Waals surface area contributed by atoms with Crippen LogP contribution < -0.4 is 4.80 Å². The molecule has 4 aromatic rings. The molecule has 0 spiro atoms. The third kappa shape index (κ3) is 4.54. The molecule has 0 N–H and O–H groups in total. The Kier molecular flexibility index (Phi) is 6.43. The number of aryl methyl sites for hydroxylation is 1. The van der Waals surface area contributed by atoms with E-state index in [1.165, 1.54) is 23.8 Å². The number of rotatable bonds is 5. The number of esters is 1. The molecule has 0 fully saturated rings. The minimum Gasteiger partial charge on any atom is -0.468 e. The number of amides is 1. The molecule has 0 aliphatic heterocycles. The number of thiazole rings is 1. The number of carbonyl (C=O) groups is 2. The normalized spacial score (nSPS) is 12.3. The maximum atomic E-state index is 13.3. The van der Waals surface area contributed by atoms with Crippen LogP contribution in [-0.2, 0) is 25.9 Å². The molecule has 0 aliphatic carbocycles. The number of methoxy groups -OCH3 is 1. The molecule has 0 radical (unpaired) electrons. The highest BCUT2D eigenvalue weighted by molar-refractivity contribution is 7.90. The number of hydrogen-bond acceptors (Lipinski definition) is 8. The number of carbonyl (C=O) groups excluding carboxylic acids is 2. The predicted molar refractivity (Wildman–Crippen MR) is 127 cm³/mol. The largest absolute Gasteiger partial charge is 0.468 e. The first-order valence-electron chi connectivity index (χ1n) is 9.80. The lowest BCUT2D eigenvalue weighted by Crippen LogP contribution is -2.22. The lowest BCUT2D eigenvalue weighted by atomic mass is 10.1. The van der Waals surface area contributed by atoms with Gasteiger partial charge in [0, 0.05) is 11.8 Å². The van der Waals surface area contributed by atoms with Crippen LogP contribution in [-0.4, -0.2) is 43.4 Å². The van der Waals surface area contributed by atoms with Crippen molar-refractivity contribution >= 4 is 54.9 Å². The van der Waals surface area contributed by atoms with Gasteiger partial charge in [0.15, 0.2) is 14.6 Å². The van der Waals surface area contributed by atoms with E-state index in [2.05, 4.69) is 10.1 Å². The molecule has 176 valence electrons. The Hall–Kier alpha value is -3.28. The summed E-state index contributed by atoms with van der Waals surface area (Å²) in [6.07, 6.45) is 1.10. The molecule has 9 nitrogen and oxygen atoms in total. The summed E-state index contributed by atoms with van der Waals surface area (Å²) in [7, 11) is -2.21. The molecule has 1 amide bonds. The van der Waals surface area contributed by atoms with E-state index in [0.29, 0.717) is 20.8 Å². The third-order valence-electron chi connectivity index (χ3n) is 5.00. The monoisotopic (exact) mass is 519 g/mol. The second kappa shape index (κ2) is 9.16. The van der Waals surface area contributed by atoms with Gasteiger partial charge < -0.3 is 13.8 Å². The summed E-state index contributed by atoms with van der Waals surface area (Å²) in [5.74, 6) is -0.954. The predicted octanol–water partition coefficient (Wildman–Crippen LogP) is 3.64. The summed E-state index contributed by atoms with van der Waals surface area (Å²) in [6.45, 7) is 1.36. The third-order valence-corrected chi connectivity index (χ3v) is 7.48. The number of sulfone groups is 1. The van der Waals surface area contributed by atoms with Crippen LogP contribution in [0.1, 0.15) is 16.1 Å². The lowest BCUT2D eigenvalue weighted by molar-refractivity contribution is -0.141. The highest BCUT2D eigenvalue weighted by Gasteiger charge is 2.23. The number of nitrogens with zero attached hydrogens (tertiary/aromatic N) is 3. The average Bonchev–Trinajstić information content (AvgIpc) is 3.33. The van der Waals surface area contributed by atoms with Crippen LogP contribution in [0, 0.1) is 6.92 Å². The van der Waals surface area contributed by atoms with E-state index in [1.807, 2.05) is 0 Å². The number of halogens is 1. The summed E-state index contributed by atoms with van der Waals surface area (Å²) in [4.78, 5) is 29.9. The van der Waals surface area contributed by atoms with Gasteiger partial charge in [0.05, 0.1) is 27.2 Å². The highest BCUT2D eigenvalue weighted by atomic mass is 35.5. The molecule has 2 aromatic carbocycles. The van der Waals surface area contributed by atoms with Gasteiger partial charge in [0.2, 0.25) is 0 Å². The number of aromatic nitrogens is 2. The van der Waals surface area contributed by atoms with Gasteiger partial charge in [-0.3, -0.25) is 9.59 Å². The standard InChI is InChI=1S/C22H18ClN3O6S2/c1-12-19(20(25-32-12)14-6-4-5-7-15(14)23)21(28)24-22-26(11-18(27)31-2)16-9-8-13(34(3,29)30)10-17(16)33-22/h4-10H,11H2,1-3H3. The quantitative estimate of drug-likeness (QED) is 0.369. The van der Waals surface area contributed by atoms with Crippen molar-refractivity contribution in [2.24, 2.45) is 4.99 Å². The van der Waals surface area contributed by atoms with Crippen molar-refractivity contribution in [1.29, 1.82) is 0 Å². The molecule has 0 unspecified atom stereocenters. The van der Waals surface area contributed by atoms with Crippen LogP contribution in [0.2, 0.25) is 5.02 Å². The molecule has 2 heterocycles. The summed E-state index contributed by atoms with van der Waals surface area (Å²) >= 11 is 7.35. The van der Waals surface area contributed by atoms with Crippen LogP contribution in [0.4, 0.5) is 0 Å².